The molecule has 1 aromatic heterocycles. The molecule has 5 heteroatoms. The first-order valence-electron chi connectivity index (χ1n) is 8.26. The summed E-state index contributed by atoms with van der Waals surface area (Å²) in [6, 6.07) is 18.6. The van der Waals surface area contributed by atoms with Crippen LogP contribution in [0, 0.1) is 0 Å². The van der Waals surface area contributed by atoms with Gasteiger partial charge in [-0.15, -0.1) is 0 Å². The van der Waals surface area contributed by atoms with E-state index in [1.807, 2.05) is 36.4 Å². The minimum absolute atomic E-state index is 0.340. The third-order valence-electron chi connectivity index (χ3n) is 4.07. The Morgan fingerprint density at radius 3 is 2.62 bits per heavy atom. The van der Waals surface area contributed by atoms with Crippen molar-refractivity contribution in [2.75, 3.05) is 7.11 Å². The number of aromatic nitrogens is 1. The number of methoxy groups -OCH3 is 1. The third-order valence-corrected chi connectivity index (χ3v) is 4.07. The Bertz CT molecular complexity index is 864. The highest BCUT2D eigenvalue weighted by Crippen LogP contribution is 2.20. The standard InChI is InChI=1S/C21H20N2O3/c1-26-19-6-2-4-17(12-19)20(24)21(25)23-13-15-7-9-16(10-8-15)18-5-3-11-22-14-18/h2-12,14,20,24H,13H2,1H3,(H,23,25)/t20-/m1/s1. The van der Waals surface area contributed by atoms with Gasteiger partial charge in [0.15, 0.2) is 6.10 Å². The van der Waals surface area contributed by atoms with Gasteiger partial charge in [0.2, 0.25) is 0 Å². The molecule has 0 bridgehead atoms. The van der Waals surface area contributed by atoms with Crippen molar-refractivity contribution >= 4 is 5.91 Å². The molecule has 2 N–H and O–H groups in total. The molecule has 0 aliphatic carbocycles. The largest absolute Gasteiger partial charge is 0.497 e. The molecular formula is C21H20N2O3. The Balaban J connectivity index is 1.60. The number of aliphatic hydroxyl groups excluding tert-OH is 1. The zero-order chi connectivity index (χ0) is 18.4. The van der Waals surface area contributed by atoms with Crippen LogP contribution in [0.25, 0.3) is 11.1 Å². The van der Waals surface area contributed by atoms with Gasteiger partial charge in [0.05, 0.1) is 7.11 Å². The second-order valence-corrected chi connectivity index (χ2v) is 5.84. The van der Waals surface area contributed by atoms with Crippen LogP contribution < -0.4 is 10.1 Å². The minimum atomic E-state index is -1.24. The summed E-state index contributed by atoms with van der Waals surface area (Å²) in [7, 11) is 1.54. The van der Waals surface area contributed by atoms with E-state index in [1.54, 1.807) is 43.8 Å². The summed E-state index contributed by atoms with van der Waals surface area (Å²) in [5.41, 5.74) is 3.54. The Morgan fingerprint density at radius 1 is 1.12 bits per heavy atom. The van der Waals surface area contributed by atoms with Gasteiger partial charge >= 0.3 is 0 Å². The summed E-state index contributed by atoms with van der Waals surface area (Å²) >= 11 is 0. The number of benzene rings is 2. The van der Waals surface area contributed by atoms with Gasteiger partial charge in [0.25, 0.3) is 5.91 Å². The number of ether oxygens (including phenoxy) is 1. The Hall–Kier alpha value is -3.18. The molecule has 0 unspecified atom stereocenters. The van der Waals surface area contributed by atoms with Crippen molar-refractivity contribution in [3.63, 3.8) is 0 Å². The van der Waals surface area contributed by atoms with Crippen molar-refractivity contribution in [2.45, 2.75) is 12.6 Å². The van der Waals surface area contributed by atoms with E-state index >= 15 is 0 Å². The molecule has 2 aromatic carbocycles. The number of hydrogen-bond donors (Lipinski definition) is 2. The van der Waals surface area contributed by atoms with Crippen molar-refractivity contribution in [1.29, 1.82) is 0 Å². The average molecular weight is 348 g/mol. The van der Waals surface area contributed by atoms with Gasteiger partial charge < -0.3 is 15.2 Å². The first-order valence-corrected chi connectivity index (χ1v) is 8.26. The quantitative estimate of drug-likeness (QED) is 0.718. The van der Waals surface area contributed by atoms with Gasteiger partial charge in [-0.2, -0.15) is 0 Å². The first kappa shape index (κ1) is 17.6. The Labute approximate surface area is 152 Å². The number of rotatable bonds is 6. The van der Waals surface area contributed by atoms with Crippen LogP contribution in [0.1, 0.15) is 17.2 Å². The lowest BCUT2D eigenvalue weighted by molar-refractivity contribution is -0.129. The predicted molar refractivity (Wildman–Crippen MR) is 99.5 cm³/mol. The van der Waals surface area contributed by atoms with Gasteiger partial charge in [-0.1, -0.05) is 42.5 Å². The fourth-order valence-electron chi connectivity index (χ4n) is 2.60. The lowest BCUT2D eigenvalue weighted by Gasteiger charge is -2.13. The molecule has 3 aromatic rings. The molecule has 1 atom stereocenters. The second kappa shape index (κ2) is 8.27. The number of carbonyl (C=O) groups excluding carboxylic acids is 1. The van der Waals surface area contributed by atoms with Crippen LogP contribution in [0.3, 0.4) is 0 Å². The number of nitrogens with one attached hydrogen (secondary N) is 1. The smallest absolute Gasteiger partial charge is 0.253 e. The van der Waals surface area contributed by atoms with E-state index in [4.69, 9.17) is 4.74 Å². The van der Waals surface area contributed by atoms with E-state index in [1.165, 1.54) is 0 Å². The maximum Gasteiger partial charge on any atom is 0.253 e. The van der Waals surface area contributed by atoms with Crippen molar-refractivity contribution in [1.82, 2.24) is 10.3 Å². The fourth-order valence-corrected chi connectivity index (χ4v) is 2.60. The van der Waals surface area contributed by atoms with Crippen molar-refractivity contribution in [3.05, 3.63) is 84.2 Å². The molecular weight excluding hydrogens is 328 g/mol. The first-order chi connectivity index (χ1) is 12.7. The van der Waals surface area contributed by atoms with Crippen LogP contribution in [-0.2, 0) is 11.3 Å². The number of hydrogen-bond acceptors (Lipinski definition) is 4. The third kappa shape index (κ3) is 4.26. The van der Waals surface area contributed by atoms with Crippen LogP contribution in [-0.4, -0.2) is 23.1 Å². The molecule has 26 heavy (non-hydrogen) atoms. The van der Waals surface area contributed by atoms with Crippen LogP contribution in [0.4, 0.5) is 0 Å². The molecule has 0 aliphatic heterocycles. The van der Waals surface area contributed by atoms with Crippen molar-refractivity contribution < 1.29 is 14.6 Å². The molecule has 0 aliphatic rings. The number of nitrogens with zero attached hydrogens (tertiary/aromatic N) is 1. The van der Waals surface area contributed by atoms with Crippen molar-refractivity contribution in [3.8, 4) is 16.9 Å². The molecule has 0 saturated carbocycles. The number of pyridine rings is 1. The summed E-state index contributed by atoms with van der Waals surface area (Å²) in [4.78, 5) is 16.3. The topological polar surface area (TPSA) is 71.5 Å². The summed E-state index contributed by atoms with van der Waals surface area (Å²) in [5, 5.41) is 13.0. The summed E-state index contributed by atoms with van der Waals surface area (Å²) in [6.45, 7) is 0.340. The Morgan fingerprint density at radius 2 is 1.92 bits per heavy atom. The van der Waals surface area contributed by atoms with E-state index in [0.717, 1.165) is 16.7 Å². The normalized spacial score (nSPS) is 11.6. The van der Waals surface area contributed by atoms with Crippen LogP contribution in [0.2, 0.25) is 0 Å². The van der Waals surface area contributed by atoms with E-state index in [-0.39, 0.29) is 0 Å². The molecule has 132 valence electrons. The lowest BCUT2D eigenvalue weighted by atomic mass is 10.1. The number of carbonyl (C=O) groups is 1. The highest BCUT2D eigenvalue weighted by atomic mass is 16.5. The van der Waals surface area contributed by atoms with E-state index in [2.05, 4.69) is 10.3 Å². The van der Waals surface area contributed by atoms with Gasteiger partial charge in [0.1, 0.15) is 5.75 Å². The van der Waals surface area contributed by atoms with E-state index in [9.17, 15) is 9.90 Å². The molecule has 1 heterocycles. The number of amides is 1. The van der Waals surface area contributed by atoms with E-state index < -0.39 is 12.0 Å². The van der Waals surface area contributed by atoms with Crippen LogP contribution >= 0.6 is 0 Å². The van der Waals surface area contributed by atoms with Gasteiger partial charge in [-0.25, -0.2) is 0 Å². The molecule has 3 rings (SSSR count). The van der Waals surface area contributed by atoms with Crippen molar-refractivity contribution in [2.24, 2.45) is 0 Å². The second-order valence-electron chi connectivity index (χ2n) is 5.84. The summed E-state index contributed by atoms with van der Waals surface area (Å²) < 4.78 is 5.11. The maximum absolute atomic E-state index is 12.2. The highest BCUT2D eigenvalue weighted by Gasteiger charge is 2.17. The molecule has 5 nitrogen and oxygen atoms in total. The predicted octanol–water partition coefficient (Wildman–Crippen LogP) is 3.11. The zero-order valence-corrected chi connectivity index (χ0v) is 14.4. The summed E-state index contributed by atoms with van der Waals surface area (Å²) in [6.07, 6.45) is 2.31. The highest BCUT2D eigenvalue weighted by molar-refractivity contribution is 5.82. The molecule has 0 saturated heterocycles. The molecule has 0 spiro atoms. The number of aliphatic hydroxyl groups is 1. The maximum atomic E-state index is 12.2. The minimum Gasteiger partial charge on any atom is -0.497 e. The van der Waals surface area contributed by atoms with Gasteiger partial charge in [-0.3, -0.25) is 9.78 Å². The van der Waals surface area contributed by atoms with Crippen LogP contribution in [0.5, 0.6) is 5.75 Å². The summed E-state index contributed by atoms with van der Waals surface area (Å²) in [5.74, 6) is 0.148. The van der Waals surface area contributed by atoms with E-state index in [0.29, 0.717) is 17.9 Å². The average Bonchev–Trinajstić information content (AvgIpc) is 2.72. The molecule has 0 fully saturated rings. The zero-order valence-electron chi connectivity index (χ0n) is 14.4. The van der Waals surface area contributed by atoms with Gasteiger partial charge in [-0.05, 0) is 40.5 Å². The SMILES string of the molecule is COc1cccc([C@@H](O)C(=O)NCc2ccc(-c3cccnc3)cc2)c1. The fraction of sp³-hybridized carbons (Fsp3) is 0.143. The Kier molecular flexibility index (Phi) is 5.61. The van der Waals surface area contributed by atoms with Gasteiger partial charge in [0, 0.05) is 18.9 Å². The monoisotopic (exact) mass is 348 g/mol. The molecule has 0 radical (unpaired) electrons. The lowest BCUT2D eigenvalue weighted by Crippen LogP contribution is -2.28. The molecule has 1 amide bonds. The van der Waals surface area contributed by atoms with Crippen LogP contribution in [0.15, 0.2) is 73.1 Å².